The van der Waals surface area contributed by atoms with Crippen molar-refractivity contribution in [2.24, 2.45) is 5.41 Å². The van der Waals surface area contributed by atoms with Crippen LogP contribution < -0.4 is 5.56 Å². The molecule has 4 rings (SSSR count). The quantitative estimate of drug-likeness (QED) is 0.394. The number of pyridine rings is 1. The van der Waals surface area contributed by atoms with Crippen LogP contribution in [0.25, 0.3) is 11.0 Å². The molecule has 0 radical (unpaired) electrons. The molecule has 8 nitrogen and oxygen atoms in total. The van der Waals surface area contributed by atoms with Crippen LogP contribution in [0.2, 0.25) is 0 Å². The number of rotatable bonds is 4. The number of nitrogens with one attached hydrogen (secondary N) is 1. The van der Waals surface area contributed by atoms with E-state index in [1.54, 1.807) is 6.92 Å². The fourth-order valence-corrected chi connectivity index (χ4v) is 4.45. The van der Waals surface area contributed by atoms with Crippen molar-refractivity contribution in [2.75, 3.05) is 7.11 Å². The number of carbonyl (C=O) groups excluding carboxylic acids is 1. The van der Waals surface area contributed by atoms with Crippen LogP contribution in [-0.2, 0) is 23.3 Å². The zero-order valence-electron chi connectivity index (χ0n) is 16.8. The van der Waals surface area contributed by atoms with Crippen LogP contribution in [0.4, 0.5) is 0 Å². The van der Waals surface area contributed by atoms with E-state index in [2.05, 4.69) is 34.0 Å². The monoisotopic (exact) mass is 414 g/mol. The van der Waals surface area contributed by atoms with Crippen LogP contribution in [0.3, 0.4) is 0 Å². The number of thioether (sulfide) groups is 1. The van der Waals surface area contributed by atoms with Crippen LogP contribution in [0, 0.1) is 12.3 Å². The van der Waals surface area contributed by atoms with Gasteiger partial charge < -0.3 is 14.2 Å². The zero-order chi connectivity index (χ0) is 20.8. The van der Waals surface area contributed by atoms with Gasteiger partial charge in [0.25, 0.3) is 5.56 Å². The van der Waals surface area contributed by atoms with Gasteiger partial charge in [0.05, 0.1) is 23.8 Å². The smallest absolute Gasteiger partial charge is 0.338 e. The molecule has 3 heterocycles. The van der Waals surface area contributed by atoms with Gasteiger partial charge in [0.15, 0.2) is 10.8 Å². The summed E-state index contributed by atoms with van der Waals surface area (Å²) in [6, 6.07) is 1.53. The number of hydrogen-bond donors (Lipinski definition) is 1. The second-order valence-electron chi connectivity index (χ2n) is 8.03. The summed E-state index contributed by atoms with van der Waals surface area (Å²) in [5.74, 6) is 0.893. The van der Waals surface area contributed by atoms with Crippen molar-refractivity contribution in [3.05, 3.63) is 44.7 Å². The Balaban J connectivity index is 1.64. The van der Waals surface area contributed by atoms with Gasteiger partial charge in [0.1, 0.15) is 5.76 Å². The summed E-state index contributed by atoms with van der Waals surface area (Å²) in [6.45, 7) is 6.23. The number of aryl methyl sites for hydroxylation is 2. The largest absolute Gasteiger partial charge is 0.465 e. The SMILES string of the molecule is COC(=O)c1cc(C)nc2nc(SCc3noc4c3CC(C)(C)CC4)[nH]c(=O)c12. The zero-order valence-corrected chi connectivity index (χ0v) is 17.6. The molecule has 152 valence electrons. The number of nitrogens with zero attached hydrogens (tertiary/aromatic N) is 3. The number of aromatic amines is 1. The second kappa shape index (κ2) is 7.29. The third kappa shape index (κ3) is 3.78. The van der Waals surface area contributed by atoms with Gasteiger partial charge in [-0.15, -0.1) is 0 Å². The Morgan fingerprint density at radius 3 is 2.93 bits per heavy atom. The van der Waals surface area contributed by atoms with Crippen LogP contribution >= 0.6 is 11.8 Å². The lowest BCUT2D eigenvalue weighted by molar-refractivity contribution is 0.0602. The van der Waals surface area contributed by atoms with Crippen LogP contribution in [0.15, 0.2) is 20.5 Å². The van der Waals surface area contributed by atoms with Gasteiger partial charge in [-0.3, -0.25) is 4.79 Å². The Morgan fingerprint density at radius 1 is 1.38 bits per heavy atom. The molecule has 9 heteroatoms. The molecule has 0 fully saturated rings. The Labute approximate surface area is 171 Å². The minimum atomic E-state index is -0.593. The summed E-state index contributed by atoms with van der Waals surface area (Å²) in [6.07, 6.45) is 2.89. The van der Waals surface area contributed by atoms with Crippen molar-refractivity contribution >= 4 is 28.8 Å². The third-order valence-corrected chi connectivity index (χ3v) is 6.05. The molecule has 1 N–H and O–H groups in total. The van der Waals surface area contributed by atoms with Gasteiger partial charge in [0, 0.05) is 23.4 Å². The number of ether oxygens (including phenoxy) is 1. The highest BCUT2D eigenvalue weighted by Gasteiger charge is 2.30. The van der Waals surface area contributed by atoms with E-state index in [-0.39, 0.29) is 22.0 Å². The Kier molecular flexibility index (Phi) is 4.94. The number of H-pyrrole nitrogens is 1. The lowest BCUT2D eigenvalue weighted by Crippen LogP contribution is -2.21. The number of fused-ring (bicyclic) bond motifs is 2. The summed E-state index contributed by atoms with van der Waals surface area (Å²) < 4.78 is 10.3. The van der Waals surface area contributed by atoms with E-state index in [4.69, 9.17) is 9.26 Å². The molecule has 29 heavy (non-hydrogen) atoms. The van der Waals surface area contributed by atoms with E-state index in [0.717, 1.165) is 30.7 Å². The van der Waals surface area contributed by atoms with Crippen molar-refractivity contribution in [3.8, 4) is 0 Å². The summed E-state index contributed by atoms with van der Waals surface area (Å²) in [4.78, 5) is 36.2. The topological polar surface area (TPSA) is 111 Å². The lowest BCUT2D eigenvalue weighted by Gasteiger charge is -2.28. The minimum absolute atomic E-state index is 0.132. The Morgan fingerprint density at radius 2 is 2.17 bits per heavy atom. The van der Waals surface area contributed by atoms with Crippen LogP contribution in [0.1, 0.15) is 53.3 Å². The molecule has 0 aliphatic heterocycles. The predicted octanol–water partition coefficient (Wildman–Crippen LogP) is 3.21. The van der Waals surface area contributed by atoms with Gasteiger partial charge >= 0.3 is 5.97 Å². The van der Waals surface area contributed by atoms with E-state index >= 15 is 0 Å². The first-order valence-electron chi connectivity index (χ1n) is 9.36. The highest BCUT2D eigenvalue weighted by atomic mass is 32.2. The molecule has 0 saturated heterocycles. The van der Waals surface area contributed by atoms with Crippen molar-refractivity contribution in [1.29, 1.82) is 0 Å². The maximum absolute atomic E-state index is 12.6. The van der Waals surface area contributed by atoms with E-state index in [1.165, 1.54) is 30.5 Å². The second-order valence-corrected chi connectivity index (χ2v) is 9.00. The summed E-state index contributed by atoms with van der Waals surface area (Å²) >= 11 is 1.36. The Hall–Kier alpha value is -2.68. The van der Waals surface area contributed by atoms with Crippen molar-refractivity contribution in [2.45, 2.75) is 50.9 Å². The highest BCUT2D eigenvalue weighted by Crippen LogP contribution is 2.37. The fourth-order valence-electron chi connectivity index (χ4n) is 3.63. The molecule has 0 unspecified atom stereocenters. The molecule has 0 aromatic carbocycles. The molecule has 0 amide bonds. The van der Waals surface area contributed by atoms with Gasteiger partial charge in [-0.1, -0.05) is 30.8 Å². The maximum atomic E-state index is 12.6. The summed E-state index contributed by atoms with van der Waals surface area (Å²) in [5.41, 5.74) is 2.81. The Bertz CT molecular complexity index is 1170. The average molecular weight is 414 g/mol. The van der Waals surface area contributed by atoms with E-state index in [1.807, 2.05) is 0 Å². The average Bonchev–Trinajstić information content (AvgIpc) is 3.05. The molecule has 1 aliphatic carbocycles. The normalized spacial score (nSPS) is 15.3. The fraction of sp³-hybridized carbons (Fsp3) is 0.450. The number of carbonyl (C=O) groups is 1. The molecular weight excluding hydrogens is 392 g/mol. The first-order chi connectivity index (χ1) is 13.8. The van der Waals surface area contributed by atoms with Crippen molar-refractivity contribution in [3.63, 3.8) is 0 Å². The van der Waals surface area contributed by atoms with Gasteiger partial charge in [-0.25, -0.2) is 14.8 Å². The first kappa shape index (κ1) is 19.6. The predicted molar refractivity (Wildman–Crippen MR) is 108 cm³/mol. The minimum Gasteiger partial charge on any atom is -0.465 e. The number of esters is 1. The van der Waals surface area contributed by atoms with Gasteiger partial charge in [-0.05, 0) is 31.2 Å². The molecule has 3 aromatic heterocycles. The van der Waals surface area contributed by atoms with Crippen LogP contribution in [-0.4, -0.2) is 33.2 Å². The lowest BCUT2D eigenvalue weighted by atomic mass is 9.76. The molecule has 0 saturated carbocycles. The number of aromatic nitrogens is 4. The van der Waals surface area contributed by atoms with E-state index < -0.39 is 11.5 Å². The van der Waals surface area contributed by atoms with E-state index in [0.29, 0.717) is 16.6 Å². The first-order valence-corrected chi connectivity index (χ1v) is 10.3. The molecule has 3 aromatic rings. The molecule has 0 atom stereocenters. The van der Waals surface area contributed by atoms with Crippen molar-refractivity contribution < 1.29 is 14.1 Å². The highest BCUT2D eigenvalue weighted by molar-refractivity contribution is 7.98. The molecule has 1 aliphatic rings. The van der Waals surface area contributed by atoms with Crippen molar-refractivity contribution in [1.82, 2.24) is 20.1 Å². The number of methoxy groups -OCH3 is 1. The van der Waals surface area contributed by atoms with Gasteiger partial charge in [0.2, 0.25) is 0 Å². The van der Waals surface area contributed by atoms with E-state index in [9.17, 15) is 9.59 Å². The third-order valence-electron chi connectivity index (χ3n) is 5.17. The maximum Gasteiger partial charge on any atom is 0.338 e. The summed E-state index contributed by atoms with van der Waals surface area (Å²) in [5, 5.41) is 4.78. The standard InChI is InChI=1S/C20H22N4O4S/c1-10-7-11(18(26)27-4)15-16(21-10)22-19(23-17(15)25)29-9-13-12-8-20(2,3)6-5-14(12)28-24-13/h7H,5-6,8-9H2,1-4H3,(H,21,22,23,25). The number of hydrogen-bond acceptors (Lipinski definition) is 8. The molecular formula is C20H22N4O4S. The van der Waals surface area contributed by atoms with Crippen LogP contribution in [0.5, 0.6) is 0 Å². The molecule has 0 spiro atoms. The van der Waals surface area contributed by atoms with Gasteiger partial charge in [-0.2, -0.15) is 0 Å². The summed E-state index contributed by atoms with van der Waals surface area (Å²) in [7, 11) is 1.27. The molecule has 0 bridgehead atoms.